The second-order valence-electron chi connectivity index (χ2n) is 5.21. The third kappa shape index (κ3) is 2.95. The molecule has 0 saturated carbocycles. The number of hydrogen-bond acceptors (Lipinski definition) is 4. The van der Waals surface area contributed by atoms with E-state index < -0.39 is 5.79 Å². The summed E-state index contributed by atoms with van der Waals surface area (Å²) in [6, 6.07) is 4.10. The Balaban J connectivity index is 1.55. The number of rotatable bonds is 2. The van der Waals surface area contributed by atoms with E-state index in [0.717, 1.165) is 17.7 Å². The Morgan fingerprint density at radius 1 is 1.30 bits per heavy atom. The smallest absolute Gasteiger partial charge is 0.246 e. The summed E-state index contributed by atoms with van der Waals surface area (Å²) >= 11 is 1.69. The van der Waals surface area contributed by atoms with Crippen LogP contribution in [0.4, 0.5) is 0 Å². The van der Waals surface area contributed by atoms with Gasteiger partial charge in [-0.1, -0.05) is 0 Å². The Bertz CT molecular complexity index is 507. The van der Waals surface area contributed by atoms with Crippen molar-refractivity contribution in [3.05, 3.63) is 28.0 Å². The Morgan fingerprint density at radius 3 is 2.60 bits per heavy atom. The summed E-state index contributed by atoms with van der Waals surface area (Å²) in [5, 5.41) is 0. The predicted molar refractivity (Wildman–Crippen MR) is 78.5 cm³/mol. The summed E-state index contributed by atoms with van der Waals surface area (Å²) in [5.41, 5.74) is 0. The van der Waals surface area contributed by atoms with E-state index in [9.17, 15) is 4.79 Å². The molecule has 0 unspecified atom stereocenters. The molecule has 5 heteroatoms. The predicted octanol–water partition coefficient (Wildman–Crippen LogP) is 2.44. The molecule has 2 aliphatic rings. The normalized spacial score (nSPS) is 21.9. The van der Waals surface area contributed by atoms with Gasteiger partial charge in [0.2, 0.25) is 5.91 Å². The van der Waals surface area contributed by atoms with Crippen LogP contribution in [0.15, 0.2) is 18.2 Å². The van der Waals surface area contributed by atoms with Gasteiger partial charge >= 0.3 is 0 Å². The number of aryl methyl sites for hydroxylation is 1. The number of thiophene rings is 1. The van der Waals surface area contributed by atoms with Crippen LogP contribution in [-0.4, -0.2) is 42.9 Å². The van der Waals surface area contributed by atoms with E-state index in [0.29, 0.717) is 26.3 Å². The summed E-state index contributed by atoms with van der Waals surface area (Å²) in [5.74, 6) is -0.338. The zero-order chi connectivity index (χ0) is 14.0. The van der Waals surface area contributed by atoms with Crippen molar-refractivity contribution in [2.24, 2.45) is 0 Å². The summed E-state index contributed by atoms with van der Waals surface area (Å²) in [6.07, 6.45) is 5.10. The van der Waals surface area contributed by atoms with E-state index >= 15 is 0 Å². The SMILES string of the molecule is Cc1ccc(C=CC(=O)N2CCC3(CC2)OCCO3)s1. The molecule has 0 aromatic carbocycles. The maximum absolute atomic E-state index is 12.1. The maximum Gasteiger partial charge on any atom is 0.246 e. The molecule has 2 fully saturated rings. The Morgan fingerprint density at radius 2 is 2.00 bits per heavy atom. The molecule has 0 radical (unpaired) electrons. The lowest BCUT2D eigenvalue weighted by molar-refractivity contribution is -0.186. The number of hydrogen-bond donors (Lipinski definition) is 0. The molecule has 2 aliphatic heterocycles. The highest BCUT2D eigenvalue weighted by atomic mass is 32.1. The molecule has 4 nitrogen and oxygen atoms in total. The standard InChI is InChI=1S/C15H19NO3S/c1-12-2-3-13(20-12)4-5-14(17)16-8-6-15(7-9-16)18-10-11-19-15/h2-5H,6-11H2,1H3. The van der Waals surface area contributed by atoms with E-state index in [4.69, 9.17) is 9.47 Å². The van der Waals surface area contributed by atoms with Crippen LogP contribution < -0.4 is 0 Å². The topological polar surface area (TPSA) is 38.8 Å². The number of piperidine rings is 1. The quantitative estimate of drug-likeness (QED) is 0.786. The van der Waals surface area contributed by atoms with Crippen molar-refractivity contribution in [3.8, 4) is 0 Å². The minimum Gasteiger partial charge on any atom is -0.347 e. The van der Waals surface area contributed by atoms with Crippen LogP contribution in [0, 0.1) is 6.92 Å². The average Bonchev–Trinajstić information content (AvgIpc) is 3.07. The number of carbonyl (C=O) groups excluding carboxylic acids is 1. The number of likely N-dealkylation sites (tertiary alicyclic amines) is 1. The lowest BCUT2D eigenvalue weighted by Gasteiger charge is -2.37. The van der Waals surface area contributed by atoms with E-state index in [2.05, 4.69) is 13.0 Å². The first-order valence-corrected chi connectivity index (χ1v) is 7.80. The van der Waals surface area contributed by atoms with Gasteiger partial charge in [-0.25, -0.2) is 0 Å². The number of nitrogens with zero attached hydrogens (tertiary/aromatic N) is 1. The summed E-state index contributed by atoms with van der Waals surface area (Å²) < 4.78 is 11.3. The van der Waals surface area contributed by atoms with Gasteiger partial charge in [0.25, 0.3) is 0 Å². The fraction of sp³-hybridized carbons (Fsp3) is 0.533. The lowest BCUT2D eigenvalue weighted by atomic mass is 10.0. The molecule has 0 aliphatic carbocycles. The minimum absolute atomic E-state index is 0.0731. The third-order valence-corrected chi connectivity index (χ3v) is 4.77. The van der Waals surface area contributed by atoms with Crippen LogP contribution in [0.25, 0.3) is 6.08 Å². The highest BCUT2D eigenvalue weighted by molar-refractivity contribution is 7.12. The van der Waals surface area contributed by atoms with Gasteiger partial charge in [-0.3, -0.25) is 4.79 Å². The molecule has 2 saturated heterocycles. The van der Waals surface area contributed by atoms with Crippen molar-refractivity contribution >= 4 is 23.3 Å². The Hall–Kier alpha value is -1.17. The second-order valence-corrected chi connectivity index (χ2v) is 6.53. The molecule has 1 aromatic rings. The molecule has 20 heavy (non-hydrogen) atoms. The zero-order valence-electron chi connectivity index (χ0n) is 11.6. The van der Waals surface area contributed by atoms with Gasteiger partial charge in [0.05, 0.1) is 13.2 Å². The van der Waals surface area contributed by atoms with Crippen molar-refractivity contribution in [3.63, 3.8) is 0 Å². The summed E-state index contributed by atoms with van der Waals surface area (Å²) in [6.45, 7) is 4.81. The van der Waals surface area contributed by atoms with Gasteiger partial charge in [0.1, 0.15) is 0 Å². The van der Waals surface area contributed by atoms with Crippen molar-refractivity contribution in [1.82, 2.24) is 4.90 Å². The van der Waals surface area contributed by atoms with Crippen LogP contribution in [0.2, 0.25) is 0 Å². The number of ether oxygens (including phenoxy) is 2. The molecule has 0 bridgehead atoms. The molecule has 1 amide bonds. The summed E-state index contributed by atoms with van der Waals surface area (Å²) in [7, 11) is 0. The highest BCUT2D eigenvalue weighted by Gasteiger charge is 2.40. The van der Waals surface area contributed by atoms with Crippen LogP contribution >= 0.6 is 11.3 Å². The molecular weight excluding hydrogens is 274 g/mol. The molecule has 3 heterocycles. The first-order valence-electron chi connectivity index (χ1n) is 6.98. The van der Waals surface area contributed by atoms with Crippen LogP contribution in [0.5, 0.6) is 0 Å². The maximum atomic E-state index is 12.1. The molecule has 1 aromatic heterocycles. The van der Waals surface area contributed by atoms with Crippen molar-refractivity contribution in [2.45, 2.75) is 25.6 Å². The number of carbonyl (C=O) groups is 1. The van der Waals surface area contributed by atoms with E-state index in [1.165, 1.54) is 4.88 Å². The van der Waals surface area contributed by atoms with Gasteiger partial charge < -0.3 is 14.4 Å². The molecule has 1 spiro atoms. The molecule has 108 valence electrons. The first kappa shape index (κ1) is 13.8. The Labute approximate surface area is 123 Å². The van der Waals surface area contributed by atoms with E-state index in [-0.39, 0.29) is 5.91 Å². The van der Waals surface area contributed by atoms with Crippen LogP contribution in [0.3, 0.4) is 0 Å². The fourth-order valence-electron chi connectivity index (χ4n) is 2.66. The van der Waals surface area contributed by atoms with E-state index in [1.54, 1.807) is 17.4 Å². The monoisotopic (exact) mass is 293 g/mol. The molecule has 3 rings (SSSR count). The zero-order valence-corrected chi connectivity index (χ0v) is 12.4. The summed E-state index contributed by atoms with van der Waals surface area (Å²) in [4.78, 5) is 16.4. The first-order chi connectivity index (χ1) is 9.67. The largest absolute Gasteiger partial charge is 0.347 e. The average molecular weight is 293 g/mol. The highest BCUT2D eigenvalue weighted by Crippen LogP contribution is 2.31. The second kappa shape index (κ2) is 5.68. The van der Waals surface area contributed by atoms with Crippen LogP contribution in [-0.2, 0) is 14.3 Å². The van der Waals surface area contributed by atoms with Crippen molar-refractivity contribution in [2.75, 3.05) is 26.3 Å². The van der Waals surface area contributed by atoms with Crippen molar-refractivity contribution in [1.29, 1.82) is 0 Å². The van der Waals surface area contributed by atoms with Crippen LogP contribution in [0.1, 0.15) is 22.6 Å². The van der Waals surface area contributed by atoms with Crippen molar-refractivity contribution < 1.29 is 14.3 Å². The molecular formula is C15H19NO3S. The fourth-order valence-corrected chi connectivity index (χ4v) is 3.44. The van der Waals surface area contributed by atoms with Gasteiger partial charge in [-0.05, 0) is 25.1 Å². The number of amides is 1. The van der Waals surface area contributed by atoms with Gasteiger partial charge in [0, 0.05) is 41.8 Å². The van der Waals surface area contributed by atoms with E-state index in [1.807, 2.05) is 17.0 Å². The van der Waals surface area contributed by atoms with Gasteiger partial charge in [-0.15, -0.1) is 11.3 Å². The lowest BCUT2D eigenvalue weighted by Crippen LogP contribution is -2.46. The minimum atomic E-state index is -0.411. The van der Waals surface area contributed by atoms with Gasteiger partial charge in [-0.2, -0.15) is 0 Å². The van der Waals surface area contributed by atoms with Gasteiger partial charge in [0.15, 0.2) is 5.79 Å². The third-order valence-electron chi connectivity index (χ3n) is 3.80. The Kier molecular flexibility index (Phi) is 3.92. The molecule has 0 atom stereocenters. The molecule has 0 N–H and O–H groups in total.